The van der Waals surface area contributed by atoms with Crippen molar-refractivity contribution >= 4 is 34.2 Å². The van der Waals surface area contributed by atoms with E-state index < -0.39 is 35.9 Å². The standard InChI is InChI=1S/C25H27F4N5O2S/c1-2-34-23(36)20(37-24(34)19(15-30)22(35)32-16-21(26)27)6-10-31-18-5-3-4-17(14-18)7-11-33-12-8-25(28,29)9-13-33/h3-5,10,14,21,31H,2,7-9,11-13,16H2,1H3,(H,32,35)/b24-19-. The summed E-state index contributed by atoms with van der Waals surface area (Å²) in [5.74, 6) is -3.54. The summed E-state index contributed by atoms with van der Waals surface area (Å²) in [7, 11) is 0. The minimum absolute atomic E-state index is 0.0649. The van der Waals surface area contributed by atoms with Gasteiger partial charge < -0.3 is 15.5 Å². The number of halogens is 4. The predicted molar refractivity (Wildman–Crippen MR) is 134 cm³/mol. The molecule has 7 nitrogen and oxygen atoms in total. The van der Waals surface area contributed by atoms with Crippen LogP contribution in [-0.4, -0.2) is 53.9 Å². The maximum atomic E-state index is 13.3. The molecule has 1 aromatic carbocycles. The lowest BCUT2D eigenvalue weighted by Crippen LogP contribution is -2.40. The first-order valence-electron chi connectivity index (χ1n) is 11.7. The Morgan fingerprint density at radius 2 is 2.03 bits per heavy atom. The van der Waals surface area contributed by atoms with Gasteiger partial charge in [0.1, 0.15) is 15.3 Å². The van der Waals surface area contributed by atoms with Crippen LogP contribution in [-0.2, 0) is 17.8 Å². The molecular formula is C25H27F4N5O2S. The molecule has 1 saturated heterocycles. The summed E-state index contributed by atoms with van der Waals surface area (Å²) < 4.78 is 52.9. The van der Waals surface area contributed by atoms with Gasteiger partial charge in [-0.25, -0.2) is 17.6 Å². The second-order valence-corrected chi connectivity index (χ2v) is 9.45. The fourth-order valence-corrected chi connectivity index (χ4v) is 4.89. The van der Waals surface area contributed by atoms with E-state index in [0.29, 0.717) is 26.1 Å². The zero-order valence-electron chi connectivity index (χ0n) is 20.2. The Hall–Kier alpha value is -3.39. The van der Waals surface area contributed by atoms with E-state index in [1.54, 1.807) is 13.0 Å². The van der Waals surface area contributed by atoms with Gasteiger partial charge in [0.25, 0.3) is 23.8 Å². The summed E-state index contributed by atoms with van der Waals surface area (Å²) in [5, 5.41) is 14.4. The first-order chi connectivity index (χ1) is 17.6. The smallest absolute Gasteiger partial charge is 0.277 e. The number of likely N-dealkylation sites (tertiary alicyclic amines) is 1. The van der Waals surface area contributed by atoms with Gasteiger partial charge in [-0.05, 0) is 31.0 Å². The minimum Gasteiger partial charge on any atom is -0.355 e. The number of nitriles is 1. The number of hydrogen-bond donors (Lipinski definition) is 2. The summed E-state index contributed by atoms with van der Waals surface area (Å²) >= 11 is 0.869. The second-order valence-electron chi connectivity index (χ2n) is 8.45. The van der Waals surface area contributed by atoms with Gasteiger partial charge in [-0.2, -0.15) is 5.26 Å². The van der Waals surface area contributed by atoms with Crippen molar-refractivity contribution in [1.29, 1.82) is 5.26 Å². The maximum Gasteiger partial charge on any atom is 0.277 e. The normalized spacial score (nSPS) is 16.0. The van der Waals surface area contributed by atoms with Gasteiger partial charge >= 0.3 is 0 Å². The van der Waals surface area contributed by atoms with Crippen molar-refractivity contribution in [2.24, 2.45) is 0 Å². The molecule has 2 heterocycles. The molecule has 0 atom stereocenters. The fraction of sp³-hybridized carbons (Fsp3) is 0.440. The number of hydrogen-bond acceptors (Lipinski definition) is 6. The average molecular weight is 538 g/mol. The lowest BCUT2D eigenvalue weighted by atomic mass is 10.1. The largest absolute Gasteiger partial charge is 0.355 e. The monoisotopic (exact) mass is 537 g/mol. The topological polar surface area (TPSA) is 90.2 Å². The van der Waals surface area contributed by atoms with Crippen LogP contribution in [0.5, 0.6) is 0 Å². The fourth-order valence-electron chi connectivity index (χ4n) is 3.82. The molecule has 0 spiro atoms. The number of nitrogens with one attached hydrogen (secondary N) is 2. The summed E-state index contributed by atoms with van der Waals surface area (Å²) in [6.45, 7) is 2.36. The highest BCUT2D eigenvalue weighted by molar-refractivity contribution is 7.07. The number of carbonyl (C=O) groups excluding carboxylic acids is 1. The van der Waals surface area contributed by atoms with Crippen LogP contribution in [0.25, 0.3) is 11.3 Å². The van der Waals surface area contributed by atoms with Crippen LogP contribution in [0.3, 0.4) is 0 Å². The first kappa shape index (κ1) is 28.2. The highest BCUT2D eigenvalue weighted by Gasteiger charge is 2.33. The van der Waals surface area contributed by atoms with Gasteiger partial charge in [-0.1, -0.05) is 17.9 Å². The van der Waals surface area contributed by atoms with Gasteiger partial charge in [0.2, 0.25) is 0 Å². The van der Waals surface area contributed by atoms with Crippen molar-refractivity contribution in [3.05, 3.63) is 55.6 Å². The van der Waals surface area contributed by atoms with E-state index in [-0.39, 0.29) is 28.6 Å². The molecule has 1 amide bonds. The summed E-state index contributed by atoms with van der Waals surface area (Å²) in [4.78, 5) is 27.0. The van der Waals surface area contributed by atoms with Gasteiger partial charge in [0.15, 0.2) is 5.57 Å². The number of thiazole rings is 1. The van der Waals surface area contributed by atoms with Gasteiger partial charge in [0, 0.05) is 50.9 Å². The third-order valence-corrected chi connectivity index (χ3v) is 6.96. The third kappa shape index (κ3) is 7.79. The number of amides is 1. The van der Waals surface area contributed by atoms with Crippen LogP contribution < -0.4 is 25.4 Å². The summed E-state index contributed by atoms with van der Waals surface area (Å²) in [6.07, 6.45) is -0.869. The third-order valence-electron chi connectivity index (χ3n) is 5.84. The molecule has 0 aliphatic carbocycles. The number of alkyl halides is 4. The molecule has 0 saturated carbocycles. The van der Waals surface area contributed by atoms with Crippen molar-refractivity contribution < 1.29 is 22.4 Å². The van der Waals surface area contributed by atoms with E-state index >= 15 is 0 Å². The maximum absolute atomic E-state index is 13.3. The molecule has 37 heavy (non-hydrogen) atoms. The average Bonchev–Trinajstić information content (AvgIpc) is 3.17. The molecule has 0 radical (unpaired) electrons. The highest BCUT2D eigenvalue weighted by atomic mass is 32.1. The van der Waals surface area contributed by atoms with Crippen molar-refractivity contribution in [3.63, 3.8) is 0 Å². The van der Waals surface area contributed by atoms with E-state index in [2.05, 4.69) is 11.0 Å². The molecule has 198 valence electrons. The van der Waals surface area contributed by atoms with Gasteiger partial charge in [-0.3, -0.25) is 14.2 Å². The zero-order valence-corrected chi connectivity index (χ0v) is 21.0. The lowest BCUT2D eigenvalue weighted by molar-refractivity contribution is -0.116. The van der Waals surface area contributed by atoms with Crippen LogP contribution in [0.2, 0.25) is 0 Å². The number of carbonyl (C=O) groups is 1. The molecule has 12 heteroatoms. The van der Waals surface area contributed by atoms with Crippen LogP contribution in [0.1, 0.15) is 25.3 Å². The quantitative estimate of drug-likeness (QED) is 0.479. The SMILES string of the molecule is CCn1c(=O)c(=C=CNc2cccc(CCN3CCC(F)(F)CC3)c2)s/c1=C(/C#N)C(=O)NCC(F)F. The Morgan fingerprint density at radius 3 is 2.68 bits per heavy atom. The van der Waals surface area contributed by atoms with E-state index in [9.17, 15) is 32.4 Å². The van der Waals surface area contributed by atoms with Crippen LogP contribution in [0, 0.1) is 11.3 Å². The zero-order chi connectivity index (χ0) is 27.0. The van der Waals surface area contributed by atoms with E-state index in [0.717, 1.165) is 22.6 Å². The number of aromatic nitrogens is 1. The molecule has 2 N–H and O–H groups in total. The Morgan fingerprint density at radius 1 is 1.30 bits per heavy atom. The van der Waals surface area contributed by atoms with E-state index in [4.69, 9.17) is 0 Å². The number of benzene rings is 1. The van der Waals surface area contributed by atoms with Gasteiger partial charge in [-0.15, -0.1) is 11.3 Å². The predicted octanol–water partition coefficient (Wildman–Crippen LogP) is 2.26. The first-order valence-corrected chi connectivity index (χ1v) is 12.6. The van der Waals surface area contributed by atoms with E-state index in [1.165, 1.54) is 10.8 Å². The Labute approximate surface area is 215 Å². The van der Waals surface area contributed by atoms with Gasteiger partial charge in [0.05, 0.1) is 6.54 Å². The van der Waals surface area contributed by atoms with Crippen molar-refractivity contribution in [2.75, 3.05) is 31.5 Å². The molecule has 0 bridgehead atoms. The molecule has 2 aromatic rings. The van der Waals surface area contributed by atoms with Crippen molar-refractivity contribution in [2.45, 2.75) is 45.1 Å². The Balaban J connectivity index is 1.76. The van der Waals surface area contributed by atoms with Crippen molar-refractivity contribution in [3.8, 4) is 6.07 Å². The molecule has 3 rings (SSSR count). The van der Waals surface area contributed by atoms with Crippen LogP contribution in [0.4, 0.5) is 23.2 Å². The Kier molecular flexibility index (Phi) is 9.69. The molecule has 1 aliphatic heterocycles. The lowest BCUT2D eigenvalue weighted by Gasteiger charge is -2.31. The number of rotatable bonds is 9. The number of anilines is 1. The number of piperidine rings is 1. The molecular weight excluding hydrogens is 510 g/mol. The molecule has 0 unspecified atom stereocenters. The summed E-state index contributed by atoms with van der Waals surface area (Å²) in [5.41, 5.74) is 3.70. The molecule has 1 fully saturated rings. The van der Waals surface area contributed by atoms with E-state index in [1.807, 2.05) is 34.5 Å². The van der Waals surface area contributed by atoms with Crippen molar-refractivity contribution in [1.82, 2.24) is 14.8 Å². The molecule has 1 aliphatic rings. The second kappa shape index (κ2) is 12.7. The molecule has 1 aromatic heterocycles. The summed E-state index contributed by atoms with van der Waals surface area (Å²) in [6, 6.07) is 9.24. The number of nitrogens with zero attached hydrogens (tertiary/aromatic N) is 3. The van der Waals surface area contributed by atoms with Crippen LogP contribution in [0.15, 0.2) is 35.3 Å². The highest BCUT2D eigenvalue weighted by Crippen LogP contribution is 2.27. The minimum atomic E-state index is -2.77. The Bertz CT molecular complexity index is 1360. The van der Waals surface area contributed by atoms with Crippen LogP contribution >= 0.6 is 11.3 Å².